The van der Waals surface area contributed by atoms with Crippen LogP contribution >= 0.6 is 11.6 Å². The predicted molar refractivity (Wildman–Crippen MR) is 109 cm³/mol. The van der Waals surface area contributed by atoms with Crippen LogP contribution in [0.15, 0.2) is 48.7 Å². The number of amides is 1. The molecule has 6 heteroatoms. The number of rotatable bonds is 7. The van der Waals surface area contributed by atoms with Crippen LogP contribution in [0.3, 0.4) is 0 Å². The molecular weight excluding hydrogens is 362 g/mol. The number of para-hydroxylation sites is 1. The lowest BCUT2D eigenvalue weighted by molar-refractivity contribution is 0.100. The zero-order chi connectivity index (χ0) is 19.4. The molecule has 0 aliphatic rings. The first kappa shape index (κ1) is 19.1. The molecule has 5 nitrogen and oxygen atoms in total. The van der Waals surface area contributed by atoms with Gasteiger partial charge in [-0.15, -0.1) is 0 Å². The normalized spacial score (nSPS) is 12.1. The lowest BCUT2D eigenvalue weighted by Crippen LogP contribution is -2.15. The standard InChI is InChI=1S/C21H22ClN3O2/c1-2-5-18(13-6-3-7-15(22)10-13)25-19-14(12-26)11-24-20-16(19)8-4-9-17(20)21(23)27/h3-4,6-11,18,26H,2,5,12H2,1H3,(H2,23,27)(H,24,25)/t18-/m1/s1. The third-order valence-corrected chi connectivity index (χ3v) is 4.79. The number of carbonyl (C=O) groups is 1. The quantitative estimate of drug-likeness (QED) is 0.563. The van der Waals surface area contributed by atoms with Gasteiger partial charge in [0.15, 0.2) is 0 Å². The molecule has 0 radical (unpaired) electrons. The second kappa shape index (κ2) is 8.37. The molecule has 0 saturated heterocycles. The molecule has 0 aliphatic carbocycles. The molecule has 1 heterocycles. The second-order valence-electron chi connectivity index (χ2n) is 6.42. The molecule has 0 saturated carbocycles. The highest BCUT2D eigenvalue weighted by Crippen LogP contribution is 2.33. The van der Waals surface area contributed by atoms with Crippen molar-refractivity contribution in [2.75, 3.05) is 5.32 Å². The summed E-state index contributed by atoms with van der Waals surface area (Å²) in [6.45, 7) is 1.95. The first-order valence-corrected chi connectivity index (χ1v) is 9.26. The van der Waals surface area contributed by atoms with E-state index in [0.29, 0.717) is 21.7 Å². The third kappa shape index (κ3) is 4.04. The smallest absolute Gasteiger partial charge is 0.250 e. The number of aliphatic hydroxyl groups is 1. The Bertz CT molecular complexity index is 975. The monoisotopic (exact) mass is 383 g/mol. The van der Waals surface area contributed by atoms with Crippen molar-refractivity contribution in [3.05, 3.63) is 70.4 Å². The van der Waals surface area contributed by atoms with Gasteiger partial charge in [-0.3, -0.25) is 9.78 Å². The van der Waals surface area contributed by atoms with Crippen LogP contribution in [-0.4, -0.2) is 16.0 Å². The third-order valence-electron chi connectivity index (χ3n) is 4.56. The van der Waals surface area contributed by atoms with Crippen molar-refractivity contribution in [3.8, 4) is 0 Å². The van der Waals surface area contributed by atoms with Gasteiger partial charge in [-0.2, -0.15) is 0 Å². The summed E-state index contributed by atoms with van der Waals surface area (Å²) in [5.41, 5.74) is 8.84. The predicted octanol–water partition coefficient (Wildman–Crippen LogP) is 4.43. The first-order chi connectivity index (χ1) is 13.0. The van der Waals surface area contributed by atoms with E-state index in [1.54, 1.807) is 18.3 Å². The molecule has 0 fully saturated rings. The summed E-state index contributed by atoms with van der Waals surface area (Å²) in [5, 5.41) is 14.8. The van der Waals surface area contributed by atoms with Gasteiger partial charge in [0, 0.05) is 22.2 Å². The number of hydrogen-bond acceptors (Lipinski definition) is 4. The van der Waals surface area contributed by atoms with Crippen molar-refractivity contribution < 1.29 is 9.90 Å². The molecule has 1 amide bonds. The van der Waals surface area contributed by atoms with Gasteiger partial charge in [0.2, 0.25) is 0 Å². The summed E-state index contributed by atoms with van der Waals surface area (Å²) in [7, 11) is 0. The minimum Gasteiger partial charge on any atom is -0.392 e. The minimum absolute atomic E-state index is 0.00170. The zero-order valence-electron chi connectivity index (χ0n) is 15.1. The van der Waals surface area contributed by atoms with E-state index in [1.807, 2.05) is 30.3 Å². The number of nitrogens with zero attached hydrogens (tertiary/aromatic N) is 1. The van der Waals surface area contributed by atoms with Crippen molar-refractivity contribution in [3.63, 3.8) is 0 Å². The van der Waals surface area contributed by atoms with Gasteiger partial charge in [-0.1, -0.05) is 49.2 Å². The van der Waals surface area contributed by atoms with Gasteiger partial charge in [0.25, 0.3) is 5.91 Å². The van der Waals surface area contributed by atoms with Crippen LogP contribution in [0.4, 0.5) is 5.69 Å². The fourth-order valence-corrected chi connectivity index (χ4v) is 3.46. The van der Waals surface area contributed by atoms with Gasteiger partial charge >= 0.3 is 0 Å². The highest BCUT2D eigenvalue weighted by atomic mass is 35.5. The van der Waals surface area contributed by atoms with Gasteiger partial charge in [-0.25, -0.2) is 0 Å². The van der Waals surface area contributed by atoms with E-state index >= 15 is 0 Å². The van der Waals surface area contributed by atoms with E-state index in [0.717, 1.165) is 29.5 Å². The molecule has 0 spiro atoms. The summed E-state index contributed by atoms with van der Waals surface area (Å²) >= 11 is 6.17. The summed E-state index contributed by atoms with van der Waals surface area (Å²) in [5.74, 6) is -0.532. The Morgan fingerprint density at radius 3 is 2.74 bits per heavy atom. The Labute approximate surface area is 163 Å². The molecule has 3 rings (SSSR count). The molecular formula is C21H22ClN3O2. The van der Waals surface area contributed by atoms with E-state index < -0.39 is 5.91 Å². The zero-order valence-corrected chi connectivity index (χ0v) is 15.8. The first-order valence-electron chi connectivity index (χ1n) is 8.88. The van der Waals surface area contributed by atoms with E-state index in [1.165, 1.54) is 0 Å². The number of fused-ring (bicyclic) bond motifs is 1. The van der Waals surface area contributed by atoms with E-state index in [4.69, 9.17) is 17.3 Å². The summed E-state index contributed by atoms with van der Waals surface area (Å²) < 4.78 is 0. The Kier molecular flexibility index (Phi) is 5.94. The maximum atomic E-state index is 11.8. The molecule has 3 aromatic rings. The molecule has 1 aromatic heterocycles. The number of aliphatic hydroxyl groups excluding tert-OH is 1. The van der Waals surface area contributed by atoms with Crippen molar-refractivity contribution in [2.24, 2.45) is 5.73 Å². The van der Waals surface area contributed by atoms with Crippen molar-refractivity contribution in [1.82, 2.24) is 4.98 Å². The van der Waals surface area contributed by atoms with Gasteiger partial charge in [0.05, 0.1) is 29.4 Å². The number of hydrogen-bond donors (Lipinski definition) is 3. The van der Waals surface area contributed by atoms with Crippen LogP contribution in [0.1, 0.15) is 47.3 Å². The van der Waals surface area contributed by atoms with Crippen LogP contribution in [0, 0.1) is 0 Å². The Morgan fingerprint density at radius 1 is 1.30 bits per heavy atom. The number of carbonyl (C=O) groups excluding carboxylic acids is 1. The minimum atomic E-state index is -0.532. The lowest BCUT2D eigenvalue weighted by atomic mass is 9.99. The maximum Gasteiger partial charge on any atom is 0.250 e. The van der Waals surface area contributed by atoms with Gasteiger partial charge in [-0.05, 0) is 30.2 Å². The fourth-order valence-electron chi connectivity index (χ4n) is 3.26. The molecule has 0 aliphatic heterocycles. The number of aromatic nitrogens is 1. The topological polar surface area (TPSA) is 88.2 Å². The van der Waals surface area contributed by atoms with Crippen molar-refractivity contribution in [2.45, 2.75) is 32.4 Å². The SMILES string of the molecule is CCC[C@@H](Nc1c(CO)cnc2c(C(N)=O)cccc12)c1cccc(Cl)c1. The maximum absolute atomic E-state index is 11.8. The molecule has 1 atom stereocenters. The molecule has 0 bridgehead atoms. The molecule has 140 valence electrons. The number of benzene rings is 2. The summed E-state index contributed by atoms with van der Waals surface area (Å²) in [6.07, 6.45) is 3.43. The Balaban J connectivity index is 2.13. The highest BCUT2D eigenvalue weighted by Gasteiger charge is 2.18. The summed E-state index contributed by atoms with van der Waals surface area (Å²) in [6, 6.07) is 13.0. The van der Waals surface area contributed by atoms with Crippen LogP contribution in [0.5, 0.6) is 0 Å². The molecule has 2 aromatic carbocycles. The number of halogens is 1. The van der Waals surface area contributed by atoms with Crippen molar-refractivity contribution >= 4 is 34.1 Å². The lowest BCUT2D eigenvalue weighted by Gasteiger charge is -2.23. The van der Waals surface area contributed by atoms with E-state index in [-0.39, 0.29) is 12.6 Å². The Morgan fingerprint density at radius 2 is 2.07 bits per heavy atom. The number of nitrogens with one attached hydrogen (secondary N) is 1. The number of nitrogens with two attached hydrogens (primary N) is 1. The van der Waals surface area contributed by atoms with Crippen LogP contribution in [0.25, 0.3) is 10.9 Å². The average Bonchev–Trinajstić information content (AvgIpc) is 2.67. The number of primary amides is 1. The van der Waals surface area contributed by atoms with Crippen LogP contribution in [-0.2, 0) is 6.61 Å². The fraction of sp³-hybridized carbons (Fsp3) is 0.238. The molecule has 27 heavy (non-hydrogen) atoms. The molecule has 0 unspecified atom stereocenters. The number of pyridine rings is 1. The van der Waals surface area contributed by atoms with Crippen LogP contribution in [0.2, 0.25) is 5.02 Å². The highest BCUT2D eigenvalue weighted by molar-refractivity contribution is 6.30. The number of anilines is 1. The Hall–Kier alpha value is -2.63. The van der Waals surface area contributed by atoms with E-state index in [9.17, 15) is 9.90 Å². The van der Waals surface area contributed by atoms with Crippen molar-refractivity contribution in [1.29, 1.82) is 0 Å². The average molecular weight is 384 g/mol. The van der Waals surface area contributed by atoms with Crippen LogP contribution < -0.4 is 11.1 Å². The largest absolute Gasteiger partial charge is 0.392 e. The van der Waals surface area contributed by atoms with E-state index in [2.05, 4.69) is 17.2 Å². The second-order valence-corrected chi connectivity index (χ2v) is 6.86. The summed E-state index contributed by atoms with van der Waals surface area (Å²) in [4.78, 5) is 16.1. The van der Waals surface area contributed by atoms with Gasteiger partial charge < -0.3 is 16.2 Å². The van der Waals surface area contributed by atoms with Gasteiger partial charge in [0.1, 0.15) is 0 Å². The molecule has 4 N–H and O–H groups in total.